The van der Waals surface area contributed by atoms with E-state index in [-0.39, 0.29) is 0 Å². The van der Waals surface area contributed by atoms with Crippen LogP contribution in [-0.2, 0) is 0 Å². The van der Waals surface area contributed by atoms with E-state index >= 15 is 0 Å². The average Bonchev–Trinajstić information content (AvgIpc) is 3.05. The van der Waals surface area contributed by atoms with Gasteiger partial charge in [-0.15, -0.1) is 0 Å². The number of carbonyl (C=O) groups excluding carboxylic acids is 1. The highest BCUT2D eigenvalue weighted by molar-refractivity contribution is 9.10. The molecule has 0 aliphatic carbocycles. The maximum absolute atomic E-state index is 11.2. The van der Waals surface area contributed by atoms with Gasteiger partial charge in [0.1, 0.15) is 5.69 Å². The zero-order valence-corrected chi connectivity index (χ0v) is 13.3. The molecule has 3 rings (SSSR count). The third-order valence-electron chi connectivity index (χ3n) is 2.77. The number of rotatable bonds is 3. The van der Waals surface area contributed by atoms with Crippen molar-refractivity contribution in [3.8, 4) is 17.1 Å². The van der Waals surface area contributed by atoms with Gasteiger partial charge >= 0.3 is 0 Å². The minimum absolute atomic E-state index is 0.481. The van der Waals surface area contributed by atoms with Gasteiger partial charge in [-0.2, -0.15) is 5.10 Å². The van der Waals surface area contributed by atoms with E-state index in [1.54, 1.807) is 23.0 Å². The second-order valence-corrected chi connectivity index (χ2v) is 5.77. The van der Waals surface area contributed by atoms with Crippen LogP contribution in [0.15, 0.2) is 56.2 Å². The van der Waals surface area contributed by atoms with Gasteiger partial charge in [-0.3, -0.25) is 4.79 Å². The lowest BCUT2D eigenvalue weighted by molar-refractivity contribution is 0.112. The van der Waals surface area contributed by atoms with Crippen LogP contribution >= 0.6 is 31.9 Å². The zero-order chi connectivity index (χ0) is 14.1. The Morgan fingerprint density at radius 2 is 1.85 bits per heavy atom. The van der Waals surface area contributed by atoms with E-state index in [1.165, 1.54) is 0 Å². The Morgan fingerprint density at radius 3 is 2.45 bits per heavy atom. The molecule has 1 aromatic carbocycles. The first-order chi connectivity index (χ1) is 9.67. The van der Waals surface area contributed by atoms with Crippen LogP contribution < -0.4 is 0 Å². The van der Waals surface area contributed by atoms with Gasteiger partial charge in [-0.25, -0.2) is 4.68 Å². The minimum atomic E-state index is 0.481. The van der Waals surface area contributed by atoms with Crippen molar-refractivity contribution in [1.82, 2.24) is 9.78 Å². The first kappa shape index (κ1) is 13.3. The molecule has 0 N–H and O–H groups in total. The molecular formula is C14H8Br2N2O2. The molecule has 6 heteroatoms. The van der Waals surface area contributed by atoms with E-state index in [1.807, 2.05) is 24.3 Å². The largest absolute Gasteiger partial charge is 0.448 e. The molecule has 0 spiro atoms. The number of hydrogen-bond acceptors (Lipinski definition) is 3. The number of aromatic nitrogens is 2. The Balaban J connectivity index is 2.09. The summed E-state index contributed by atoms with van der Waals surface area (Å²) in [4.78, 5) is 11.2. The van der Waals surface area contributed by atoms with E-state index in [2.05, 4.69) is 37.0 Å². The van der Waals surface area contributed by atoms with Crippen LogP contribution in [0.1, 0.15) is 10.4 Å². The molecule has 2 aromatic heterocycles. The van der Waals surface area contributed by atoms with E-state index in [0.29, 0.717) is 21.7 Å². The second-order valence-electron chi connectivity index (χ2n) is 4.08. The topological polar surface area (TPSA) is 48.0 Å². The fraction of sp³-hybridized carbons (Fsp3) is 0. The smallest absolute Gasteiger partial charge is 0.169 e. The Morgan fingerprint density at radius 1 is 1.10 bits per heavy atom. The Labute approximate surface area is 131 Å². The number of furan rings is 1. The maximum atomic E-state index is 11.2. The van der Waals surface area contributed by atoms with Crippen molar-refractivity contribution < 1.29 is 9.21 Å². The summed E-state index contributed by atoms with van der Waals surface area (Å²) in [6.07, 6.45) is 2.45. The highest BCUT2D eigenvalue weighted by atomic mass is 79.9. The molecule has 0 fully saturated rings. The van der Waals surface area contributed by atoms with Gasteiger partial charge in [0.2, 0.25) is 0 Å². The van der Waals surface area contributed by atoms with Crippen molar-refractivity contribution in [2.75, 3.05) is 0 Å². The van der Waals surface area contributed by atoms with Crippen LogP contribution in [0, 0.1) is 0 Å². The van der Waals surface area contributed by atoms with Crippen molar-refractivity contribution in [1.29, 1.82) is 0 Å². The van der Waals surface area contributed by atoms with Crippen molar-refractivity contribution in [2.24, 2.45) is 0 Å². The van der Waals surface area contributed by atoms with Crippen LogP contribution in [0.2, 0.25) is 0 Å². The fourth-order valence-electron chi connectivity index (χ4n) is 1.83. The normalized spacial score (nSPS) is 10.7. The van der Waals surface area contributed by atoms with Crippen LogP contribution in [-0.4, -0.2) is 16.1 Å². The summed E-state index contributed by atoms with van der Waals surface area (Å²) in [5.74, 6) is 0.551. The maximum Gasteiger partial charge on any atom is 0.169 e. The van der Waals surface area contributed by atoms with Crippen molar-refractivity contribution in [3.05, 3.63) is 57.3 Å². The number of hydrogen-bond donors (Lipinski definition) is 0. The van der Waals surface area contributed by atoms with E-state index in [0.717, 1.165) is 16.4 Å². The van der Waals surface area contributed by atoms with Gasteiger partial charge in [0.15, 0.2) is 16.7 Å². The fourth-order valence-corrected chi connectivity index (χ4v) is 2.40. The Bertz CT molecular complexity index is 760. The molecule has 0 aliphatic heterocycles. The van der Waals surface area contributed by atoms with E-state index in [4.69, 9.17) is 4.42 Å². The average molecular weight is 396 g/mol. The third-order valence-corrected chi connectivity index (χ3v) is 3.72. The Hall–Kier alpha value is -1.66. The van der Waals surface area contributed by atoms with Crippen molar-refractivity contribution in [2.45, 2.75) is 0 Å². The number of aldehydes is 1. The Kier molecular flexibility index (Phi) is 3.58. The summed E-state index contributed by atoms with van der Waals surface area (Å²) in [6, 6.07) is 11.2. The summed E-state index contributed by atoms with van der Waals surface area (Å²) in [5, 5.41) is 4.42. The molecule has 0 saturated carbocycles. The first-order valence-electron chi connectivity index (χ1n) is 5.74. The molecule has 2 heterocycles. The highest BCUT2D eigenvalue weighted by Crippen LogP contribution is 2.27. The van der Waals surface area contributed by atoms with Gasteiger partial charge in [0, 0.05) is 10.7 Å². The molecule has 0 bridgehead atoms. The molecule has 0 saturated heterocycles. The van der Waals surface area contributed by atoms with Crippen molar-refractivity contribution >= 4 is 38.1 Å². The summed E-state index contributed by atoms with van der Waals surface area (Å²) >= 11 is 6.63. The summed E-state index contributed by atoms with van der Waals surface area (Å²) in [5.41, 5.74) is 1.87. The summed E-state index contributed by atoms with van der Waals surface area (Å²) < 4.78 is 8.69. The quantitative estimate of drug-likeness (QED) is 0.614. The summed E-state index contributed by atoms with van der Waals surface area (Å²) in [6.45, 7) is 0. The van der Waals surface area contributed by atoms with Gasteiger partial charge < -0.3 is 4.42 Å². The number of nitrogens with zero attached hydrogens (tertiary/aromatic N) is 2. The van der Waals surface area contributed by atoms with Crippen LogP contribution in [0.25, 0.3) is 17.1 Å². The minimum Gasteiger partial charge on any atom is -0.448 e. The molecular weight excluding hydrogens is 388 g/mol. The lowest BCUT2D eigenvalue weighted by atomic mass is 10.2. The monoisotopic (exact) mass is 394 g/mol. The molecule has 0 unspecified atom stereocenters. The molecule has 3 aromatic rings. The molecule has 0 radical (unpaired) electrons. The van der Waals surface area contributed by atoms with Crippen molar-refractivity contribution in [3.63, 3.8) is 0 Å². The first-order valence-corrected chi connectivity index (χ1v) is 7.32. The van der Waals surface area contributed by atoms with Gasteiger partial charge in [0.25, 0.3) is 0 Å². The molecule has 0 atom stereocenters. The SMILES string of the molecule is O=Cc1cn(-c2ccc(Br)cc2)nc1-c1ccc(Br)o1. The highest BCUT2D eigenvalue weighted by Gasteiger charge is 2.14. The van der Waals surface area contributed by atoms with E-state index in [9.17, 15) is 4.79 Å². The van der Waals surface area contributed by atoms with Gasteiger partial charge in [-0.1, -0.05) is 15.9 Å². The van der Waals surface area contributed by atoms with Crippen LogP contribution in [0.3, 0.4) is 0 Å². The van der Waals surface area contributed by atoms with Crippen LogP contribution in [0.4, 0.5) is 0 Å². The summed E-state index contributed by atoms with van der Waals surface area (Å²) in [7, 11) is 0. The predicted octanol–water partition coefficient (Wildman–Crippen LogP) is 4.47. The van der Waals surface area contributed by atoms with Gasteiger partial charge in [0.05, 0.1) is 11.3 Å². The second kappa shape index (κ2) is 5.38. The molecule has 20 heavy (non-hydrogen) atoms. The number of benzene rings is 1. The van der Waals surface area contributed by atoms with Crippen LogP contribution in [0.5, 0.6) is 0 Å². The van der Waals surface area contributed by atoms with E-state index < -0.39 is 0 Å². The molecule has 4 nitrogen and oxygen atoms in total. The number of halogens is 2. The third kappa shape index (κ3) is 2.48. The molecule has 0 amide bonds. The molecule has 0 aliphatic rings. The number of carbonyl (C=O) groups is 1. The predicted molar refractivity (Wildman–Crippen MR) is 82.1 cm³/mol. The molecule has 100 valence electrons. The lowest BCUT2D eigenvalue weighted by Crippen LogP contribution is -1.94. The van der Waals surface area contributed by atoms with Gasteiger partial charge in [-0.05, 0) is 52.3 Å². The zero-order valence-electron chi connectivity index (χ0n) is 10.1. The lowest BCUT2D eigenvalue weighted by Gasteiger charge is -2.00. The standard InChI is InChI=1S/C14H8Br2N2O2/c15-10-1-3-11(4-2-10)18-7-9(8-19)14(17-18)12-5-6-13(16)20-12/h1-8H.